The van der Waals surface area contributed by atoms with Gasteiger partial charge in [0.25, 0.3) is 0 Å². The Hall–Kier alpha value is -1.09. The van der Waals surface area contributed by atoms with Crippen LogP contribution in [0.4, 0.5) is 5.69 Å². The van der Waals surface area contributed by atoms with Crippen LogP contribution < -0.4 is 5.32 Å². The molecule has 0 amide bonds. The topological polar surface area (TPSA) is 28.2 Å². The maximum absolute atomic E-state index is 4.02. The zero-order valence-electron chi connectivity index (χ0n) is 7.78. The van der Waals surface area contributed by atoms with Crippen LogP contribution in [-0.2, 0) is 0 Å². The van der Waals surface area contributed by atoms with Crippen molar-refractivity contribution in [1.82, 2.24) is 9.88 Å². The predicted molar refractivity (Wildman–Crippen MR) is 51.0 cm³/mol. The standard InChI is InChI=1S/C9H15N3/c1-8(12(2)3)11-9-5-4-6-10-7-9/h4-8,11H,1-3H3. The van der Waals surface area contributed by atoms with E-state index < -0.39 is 0 Å². The lowest BCUT2D eigenvalue weighted by atomic mass is 10.4. The fourth-order valence-electron chi connectivity index (χ4n) is 0.818. The Labute approximate surface area is 73.4 Å². The molecule has 0 aromatic carbocycles. The molecule has 1 N–H and O–H groups in total. The van der Waals surface area contributed by atoms with Crippen LogP contribution in [0.25, 0.3) is 0 Å². The summed E-state index contributed by atoms with van der Waals surface area (Å²) >= 11 is 0. The van der Waals surface area contributed by atoms with Gasteiger partial charge in [0.15, 0.2) is 0 Å². The van der Waals surface area contributed by atoms with Crippen LogP contribution in [0.15, 0.2) is 24.5 Å². The van der Waals surface area contributed by atoms with E-state index in [0.717, 1.165) is 5.69 Å². The second-order valence-corrected chi connectivity index (χ2v) is 3.03. The van der Waals surface area contributed by atoms with Crippen molar-refractivity contribution in [3.05, 3.63) is 24.5 Å². The summed E-state index contributed by atoms with van der Waals surface area (Å²) in [6, 6.07) is 3.93. The highest BCUT2D eigenvalue weighted by molar-refractivity contribution is 5.40. The molecule has 0 aliphatic heterocycles. The van der Waals surface area contributed by atoms with Crippen molar-refractivity contribution < 1.29 is 0 Å². The maximum Gasteiger partial charge on any atom is 0.0759 e. The first-order chi connectivity index (χ1) is 5.70. The summed E-state index contributed by atoms with van der Waals surface area (Å²) in [5, 5.41) is 3.30. The lowest BCUT2D eigenvalue weighted by Gasteiger charge is -2.21. The minimum atomic E-state index is 0.328. The van der Waals surface area contributed by atoms with Crippen LogP contribution in [-0.4, -0.2) is 30.1 Å². The van der Waals surface area contributed by atoms with Gasteiger partial charge in [-0.15, -0.1) is 0 Å². The highest BCUT2D eigenvalue weighted by Gasteiger charge is 2.02. The van der Waals surface area contributed by atoms with E-state index in [0.29, 0.717) is 6.17 Å². The molecule has 1 unspecified atom stereocenters. The van der Waals surface area contributed by atoms with Crippen molar-refractivity contribution >= 4 is 5.69 Å². The molecule has 0 saturated carbocycles. The number of aromatic nitrogens is 1. The van der Waals surface area contributed by atoms with Gasteiger partial charge in [0, 0.05) is 12.4 Å². The summed E-state index contributed by atoms with van der Waals surface area (Å²) in [5.74, 6) is 0. The van der Waals surface area contributed by atoms with E-state index >= 15 is 0 Å². The zero-order valence-corrected chi connectivity index (χ0v) is 7.78. The van der Waals surface area contributed by atoms with E-state index in [-0.39, 0.29) is 0 Å². The van der Waals surface area contributed by atoms with Gasteiger partial charge < -0.3 is 5.32 Å². The Morgan fingerprint density at radius 2 is 2.25 bits per heavy atom. The molecule has 0 spiro atoms. The molecule has 1 atom stereocenters. The SMILES string of the molecule is CC(Nc1cccnc1)N(C)C. The molecule has 1 rings (SSSR count). The van der Waals surface area contributed by atoms with Crippen LogP contribution in [0.1, 0.15) is 6.92 Å². The van der Waals surface area contributed by atoms with Gasteiger partial charge in [-0.3, -0.25) is 9.88 Å². The molecular formula is C9H15N3. The van der Waals surface area contributed by atoms with E-state index in [1.807, 2.05) is 32.4 Å². The van der Waals surface area contributed by atoms with E-state index in [2.05, 4.69) is 22.1 Å². The predicted octanol–water partition coefficient (Wildman–Crippen LogP) is 1.40. The quantitative estimate of drug-likeness (QED) is 0.686. The highest BCUT2D eigenvalue weighted by Crippen LogP contribution is 2.05. The first-order valence-corrected chi connectivity index (χ1v) is 4.03. The highest BCUT2D eigenvalue weighted by atomic mass is 15.2. The minimum Gasteiger partial charge on any atom is -0.369 e. The molecule has 1 heterocycles. The summed E-state index contributed by atoms with van der Waals surface area (Å²) in [6.07, 6.45) is 3.92. The maximum atomic E-state index is 4.02. The van der Waals surface area contributed by atoms with Gasteiger partial charge in [-0.2, -0.15) is 0 Å². The Bertz CT molecular complexity index is 220. The average Bonchev–Trinajstić information content (AvgIpc) is 2.06. The molecule has 3 heteroatoms. The van der Waals surface area contributed by atoms with Crippen molar-refractivity contribution in [1.29, 1.82) is 0 Å². The van der Waals surface area contributed by atoms with Gasteiger partial charge >= 0.3 is 0 Å². The zero-order chi connectivity index (χ0) is 8.97. The Morgan fingerprint density at radius 1 is 1.50 bits per heavy atom. The molecule has 0 fully saturated rings. The molecule has 0 aliphatic carbocycles. The van der Waals surface area contributed by atoms with E-state index in [9.17, 15) is 0 Å². The largest absolute Gasteiger partial charge is 0.369 e. The summed E-state index contributed by atoms with van der Waals surface area (Å²) in [4.78, 5) is 6.12. The number of anilines is 1. The Morgan fingerprint density at radius 3 is 2.75 bits per heavy atom. The van der Waals surface area contributed by atoms with Crippen molar-refractivity contribution in [3.63, 3.8) is 0 Å². The van der Waals surface area contributed by atoms with E-state index in [1.54, 1.807) is 6.20 Å². The van der Waals surface area contributed by atoms with Gasteiger partial charge in [0.05, 0.1) is 11.9 Å². The monoisotopic (exact) mass is 165 g/mol. The number of nitrogens with one attached hydrogen (secondary N) is 1. The molecule has 66 valence electrons. The average molecular weight is 165 g/mol. The van der Waals surface area contributed by atoms with Crippen LogP contribution in [0.3, 0.4) is 0 Å². The molecule has 0 radical (unpaired) electrons. The van der Waals surface area contributed by atoms with Gasteiger partial charge in [-0.25, -0.2) is 0 Å². The normalized spacial score (nSPS) is 13.0. The van der Waals surface area contributed by atoms with Crippen molar-refractivity contribution in [2.75, 3.05) is 19.4 Å². The van der Waals surface area contributed by atoms with Gasteiger partial charge in [0.1, 0.15) is 0 Å². The first-order valence-electron chi connectivity index (χ1n) is 4.03. The van der Waals surface area contributed by atoms with E-state index in [1.165, 1.54) is 0 Å². The van der Waals surface area contributed by atoms with Crippen molar-refractivity contribution in [2.45, 2.75) is 13.1 Å². The van der Waals surface area contributed by atoms with E-state index in [4.69, 9.17) is 0 Å². The molecule has 1 aromatic heterocycles. The second-order valence-electron chi connectivity index (χ2n) is 3.03. The lowest BCUT2D eigenvalue weighted by Crippen LogP contribution is -2.31. The third kappa shape index (κ3) is 2.51. The van der Waals surface area contributed by atoms with Crippen molar-refractivity contribution in [3.8, 4) is 0 Å². The number of nitrogens with zero attached hydrogens (tertiary/aromatic N) is 2. The fraction of sp³-hybridized carbons (Fsp3) is 0.444. The number of hydrogen-bond acceptors (Lipinski definition) is 3. The number of rotatable bonds is 3. The minimum absolute atomic E-state index is 0.328. The fourth-order valence-corrected chi connectivity index (χ4v) is 0.818. The second kappa shape index (κ2) is 4.07. The smallest absolute Gasteiger partial charge is 0.0759 e. The van der Waals surface area contributed by atoms with Crippen molar-refractivity contribution in [2.24, 2.45) is 0 Å². The molecule has 0 aliphatic rings. The molecule has 0 saturated heterocycles. The molecule has 12 heavy (non-hydrogen) atoms. The third-order valence-corrected chi connectivity index (χ3v) is 1.81. The third-order valence-electron chi connectivity index (χ3n) is 1.81. The van der Waals surface area contributed by atoms with Gasteiger partial charge in [-0.1, -0.05) is 0 Å². The Balaban J connectivity index is 2.53. The van der Waals surface area contributed by atoms with Crippen LogP contribution in [0.2, 0.25) is 0 Å². The molecular weight excluding hydrogens is 150 g/mol. The Kier molecular flexibility index (Phi) is 3.05. The van der Waals surface area contributed by atoms with Gasteiger partial charge in [0.2, 0.25) is 0 Å². The summed E-state index contributed by atoms with van der Waals surface area (Å²) in [7, 11) is 4.07. The molecule has 1 aromatic rings. The summed E-state index contributed by atoms with van der Waals surface area (Å²) in [5.41, 5.74) is 1.05. The summed E-state index contributed by atoms with van der Waals surface area (Å²) in [6.45, 7) is 2.10. The molecule has 0 bridgehead atoms. The number of pyridine rings is 1. The molecule has 3 nitrogen and oxygen atoms in total. The van der Waals surface area contributed by atoms with Crippen LogP contribution >= 0.6 is 0 Å². The van der Waals surface area contributed by atoms with Gasteiger partial charge in [-0.05, 0) is 33.2 Å². The van der Waals surface area contributed by atoms with Crippen LogP contribution in [0.5, 0.6) is 0 Å². The van der Waals surface area contributed by atoms with Crippen LogP contribution in [0, 0.1) is 0 Å². The lowest BCUT2D eigenvalue weighted by molar-refractivity contribution is 0.343. The first kappa shape index (κ1) is 9.00. The summed E-state index contributed by atoms with van der Waals surface area (Å²) < 4.78 is 0. The number of hydrogen-bond donors (Lipinski definition) is 1.